The average Bonchev–Trinajstić information content (AvgIpc) is 3.20. The molecule has 0 heterocycles. The van der Waals surface area contributed by atoms with E-state index < -0.39 is 63.8 Å². The summed E-state index contributed by atoms with van der Waals surface area (Å²) >= 11 is 0. The van der Waals surface area contributed by atoms with Crippen molar-refractivity contribution in [3.05, 3.63) is 97.2 Å². The van der Waals surface area contributed by atoms with Gasteiger partial charge in [0.2, 0.25) is 0 Å². The number of ether oxygens (including phenoxy) is 2. The maximum absolute atomic E-state index is 12.6. The van der Waals surface area contributed by atoms with Crippen LogP contribution in [0.5, 0.6) is 0 Å². The van der Waals surface area contributed by atoms with Gasteiger partial charge in [-0.25, -0.2) is 4.57 Å². The smallest absolute Gasteiger partial charge is 0.472 e. The van der Waals surface area contributed by atoms with E-state index in [1.807, 2.05) is 24.3 Å². The number of rotatable bonds is 38. The highest BCUT2D eigenvalue weighted by Crippen LogP contribution is 2.43. The first-order chi connectivity index (χ1) is 28.5. The molecule has 5 N–H and O–H groups in total. The number of hydrogen-bond donors (Lipinski definition) is 4. The SMILES string of the molecule is CC/C=C\C/C=C\C/C=C\C/C=C\C=C\C(O)CCCC(=O)OC[C@H](COP(=O)(O)OC[C@H](N)C(=O)O)OC(=O)CCC/C=C\C/C=C\C/C=C\CCCCCCCC. The zero-order valence-electron chi connectivity index (χ0n) is 35.7. The fourth-order valence-corrected chi connectivity index (χ4v) is 5.83. The zero-order chi connectivity index (χ0) is 43.7. The van der Waals surface area contributed by atoms with Gasteiger partial charge in [0.25, 0.3) is 0 Å². The minimum Gasteiger partial charge on any atom is -0.480 e. The molecule has 59 heavy (non-hydrogen) atoms. The molecular formula is C46H74NO11P. The van der Waals surface area contributed by atoms with Gasteiger partial charge in [0.1, 0.15) is 12.6 Å². The maximum Gasteiger partial charge on any atom is 0.472 e. The molecule has 0 aromatic rings. The summed E-state index contributed by atoms with van der Waals surface area (Å²) < 4.78 is 32.5. The van der Waals surface area contributed by atoms with Crippen LogP contribution < -0.4 is 5.73 Å². The van der Waals surface area contributed by atoms with Crippen LogP contribution >= 0.6 is 7.82 Å². The molecule has 13 heteroatoms. The lowest BCUT2D eigenvalue weighted by atomic mass is 10.1. The Kier molecular flexibility index (Phi) is 37.3. The van der Waals surface area contributed by atoms with Gasteiger partial charge in [-0.15, -0.1) is 0 Å². The van der Waals surface area contributed by atoms with E-state index in [-0.39, 0.29) is 12.8 Å². The summed E-state index contributed by atoms with van der Waals surface area (Å²) in [6.07, 6.45) is 46.6. The van der Waals surface area contributed by atoms with Crippen molar-refractivity contribution in [2.45, 2.75) is 154 Å². The molecule has 334 valence electrons. The standard InChI is InChI=1S/C46H74NO11P/c1-3-5-7-9-11-13-15-17-18-19-20-22-24-26-28-30-32-36-45(50)58-42(39-56-59(53,54)57-40-43(47)46(51)52)38-55-44(49)37-33-35-41(48)34-31-29-27-25-23-21-16-14-12-10-8-6-4-2/h6,8,12,14,17-18,20-23,26-29,31,34,41-43,48H,3-5,7,9-11,13,15-16,19,24-25,30,32-33,35-40,47H2,1-2H3,(H,51,52)(H,53,54)/b8-6-,14-12-,18-17-,22-20-,23-21-,28-26-,29-27-,34-31+/t41?,42-,43+/m1/s1. The first-order valence-electron chi connectivity index (χ1n) is 21.4. The molecule has 12 nitrogen and oxygen atoms in total. The van der Waals surface area contributed by atoms with E-state index in [2.05, 4.69) is 79.1 Å². The molecule has 0 amide bonds. The number of aliphatic hydroxyl groups excluding tert-OH is 1. The van der Waals surface area contributed by atoms with E-state index >= 15 is 0 Å². The minimum absolute atomic E-state index is 0.0252. The van der Waals surface area contributed by atoms with Crippen LogP contribution in [0.25, 0.3) is 0 Å². The number of carboxylic acid groups (broad SMARTS) is 1. The quantitative estimate of drug-likeness (QED) is 0.0151. The molecule has 0 spiro atoms. The molecule has 0 rings (SSSR count). The lowest BCUT2D eigenvalue weighted by Crippen LogP contribution is -2.34. The third-order valence-electron chi connectivity index (χ3n) is 8.42. The fraction of sp³-hybridized carbons (Fsp3) is 0.587. The van der Waals surface area contributed by atoms with E-state index in [0.29, 0.717) is 25.7 Å². The number of aliphatic carboxylic acids is 1. The van der Waals surface area contributed by atoms with Crippen LogP contribution in [0.1, 0.15) is 136 Å². The lowest BCUT2D eigenvalue weighted by Gasteiger charge is -2.20. The molecule has 4 atom stereocenters. The first-order valence-corrected chi connectivity index (χ1v) is 22.9. The molecule has 0 aliphatic carbocycles. The molecule has 0 radical (unpaired) electrons. The number of carbonyl (C=O) groups excluding carboxylic acids is 2. The van der Waals surface area contributed by atoms with Gasteiger partial charge in [-0.3, -0.25) is 23.4 Å². The summed E-state index contributed by atoms with van der Waals surface area (Å²) in [6.45, 7) is 2.41. The number of hydrogen-bond acceptors (Lipinski definition) is 10. The second kappa shape index (κ2) is 39.8. The Balaban J connectivity index is 4.68. The average molecular weight is 848 g/mol. The van der Waals surface area contributed by atoms with Gasteiger partial charge in [-0.05, 0) is 77.0 Å². The van der Waals surface area contributed by atoms with E-state index in [4.69, 9.17) is 24.8 Å². The molecular weight excluding hydrogens is 773 g/mol. The Labute approximate surface area is 354 Å². The summed E-state index contributed by atoms with van der Waals surface area (Å²) in [5.74, 6) is -2.69. The fourth-order valence-electron chi connectivity index (χ4n) is 5.05. The number of carbonyl (C=O) groups is 3. The number of carboxylic acids is 1. The van der Waals surface area contributed by atoms with Crippen LogP contribution in [0.2, 0.25) is 0 Å². The van der Waals surface area contributed by atoms with Crippen molar-refractivity contribution < 1.29 is 52.6 Å². The molecule has 0 saturated carbocycles. The number of nitrogens with two attached hydrogens (primary N) is 1. The van der Waals surface area contributed by atoms with E-state index in [1.165, 1.54) is 38.5 Å². The summed E-state index contributed by atoms with van der Waals surface area (Å²) in [6, 6.07) is -1.56. The summed E-state index contributed by atoms with van der Waals surface area (Å²) in [5, 5.41) is 19.1. The zero-order valence-corrected chi connectivity index (χ0v) is 36.6. The van der Waals surface area contributed by atoms with Gasteiger partial charge in [0, 0.05) is 12.8 Å². The molecule has 0 bridgehead atoms. The number of allylic oxidation sites excluding steroid dienone is 15. The number of unbranched alkanes of at least 4 members (excludes halogenated alkanes) is 7. The molecule has 2 unspecified atom stereocenters. The highest BCUT2D eigenvalue weighted by Gasteiger charge is 2.28. The summed E-state index contributed by atoms with van der Waals surface area (Å²) in [4.78, 5) is 45.9. The summed E-state index contributed by atoms with van der Waals surface area (Å²) in [5.41, 5.74) is 5.31. The lowest BCUT2D eigenvalue weighted by molar-refractivity contribution is -0.161. The molecule has 0 aromatic heterocycles. The van der Waals surface area contributed by atoms with Crippen LogP contribution in [0, 0.1) is 0 Å². The number of phosphoric acid groups is 1. The number of phosphoric ester groups is 1. The molecule has 0 fully saturated rings. The van der Waals surface area contributed by atoms with Gasteiger partial charge in [-0.1, -0.05) is 143 Å². The van der Waals surface area contributed by atoms with Crippen LogP contribution in [-0.2, 0) is 37.5 Å². The Morgan fingerprint density at radius 1 is 0.627 bits per heavy atom. The Morgan fingerprint density at radius 3 is 1.76 bits per heavy atom. The van der Waals surface area contributed by atoms with Crippen LogP contribution in [0.4, 0.5) is 0 Å². The third kappa shape index (κ3) is 39.6. The predicted molar refractivity (Wildman–Crippen MR) is 236 cm³/mol. The van der Waals surface area contributed by atoms with Gasteiger partial charge < -0.3 is 30.3 Å². The van der Waals surface area contributed by atoms with Crippen LogP contribution in [-0.4, -0.2) is 71.1 Å². The predicted octanol–water partition coefficient (Wildman–Crippen LogP) is 10.2. The Morgan fingerprint density at radius 2 is 1.15 bits per heavy atom. The van der Waals surface area contributed by atoms with Crippen LogP contribution in [0.3, 0.4) is 0 Å². The molecule has 0 aliphatic rings. The monoisotopic (exact) mass is 847 g/mol. The third-order valence-corrected chi connectivity index (χ3v) is 9.37. The normalized spacial score (nSPS) is 15.2. The van der Waals surface area contributed by atoms with Crippen molar-refractivity contribution in [3.8, 4) is 0 Å². The van der Waals surface area contributed by atoms with Crippen molar-refractivity contribution in [2.24, 2.45) is 5.73 Å². The topological polar surface area (TPSA) is 192 Å². The number of aliphatic hydroxyl groups is 1. The van der Waals surface area contributed by atoms with Crippen molar-refractivity contribution in [1.82, 2.24) is 0 Å². The Bertz CT molecular complexity index is 1380. The van der Waals surface area contributed by atoms with Gasteiger partial charge >= 0.3 is 25.7 Å². The second-order valence-corrected chi connectivity index (χ2v) is 15.4. The van der Waals surface area contributed by atoms with Gasteiger partial charge in [-0.2, -0.15) is 0 Å². The van der Waals surface area contributed by atoms with Crippen molar-refractivity contribution in [3.63, 3.8) is 0 Å². The highest BCUT2D eigenvalue weighted by molar-refractivity contribution is 7.47. The van der Waals surface area contributed by atoms with Crippen molar-refractivity contribution in [2.75, 3.05) is 19.8 Å². The second-order valence-electron chi connectivity index (χ2n) is 13.9. The molecule has 0 aromatic carbocycles. The van der Waals surface area contributed by atoms with E-state index in [9.17, 15) is 28.9 Å². The van der Waals surface area contributed by atoms with Gasteiger partial charge in [0.15, 0.2) is 6.10 Å². The highest BCUT2D eigenvalue weighted by atomic mass is 31.2. The van der Waals surface area contributed by atoms with Crippen LogP contribution in [0.15, 0.2) is 97.2 Å². The van der Waals surface area contributed by atoms with E-state index in [1.54, 1.807) is 12.2 Å². The first kappa shape index (κ1) is 55.4. The molecule has 0 aliphatic heterocycles. The van der Waals surface area contributed by atoms with E-state index in [0.717, 1.165) is 44.9 Å². The maximum atomic E-state index is 12.6. The van der Waals surface area contributed by atoms with Gasteiger partial charge in [0.05, 0.1) is 19.3 Å². The largest absolute Gasteiger partial charge is 0.480 e. The molecule has 0 saturated heterocycles. The van der Waals surface area contributed by atoms with Crippen molar-refractivity contribution >= 4 is 25.7 Å². The summed E-state index contributed by atoms with van der Waals surface area (Å²) in [7, 11) is -4.78. The minimum atomic E-state index is -4.78. The number of esters is 2. The van der Waals surface area contributed by atoms with Crippen molar-refractivity contribution in [1.29, 1.82) is 0 Å². The Hall–Kier alpha value is -3.64.